The van der Waals surface area contributed by atoms with Crippen molar-refractivity contribution in [2.75, 3.05) is 5.32 Å². The molecule has 0 atom stereocenters. The van der Waals surface area contributed by atoms with Crippen molar-refractivity contribution in [3.8, 4) is 0 Å². The molecular weight excluding hydrogens is 285 g/mol. The van der Waals surface area contributed by atoms with Gasteiger partial charge in [-0.3, -0.25) is 4.79 Å². The van der Waals surface area contributed by atoms with Gasteiger partial charge in [-0.05, 0) is 37.3 Å². The number of thiol groups is 1. The minimum atomic E-state index is -0.394. The van der Waals surface area contributed by atoms with Crippen LogP contribution in [0.15, 0.2) is 41.3 Å². The molecule has 1 N–H and O–H groups in total. The number of carbonyl (C=O) groups is 1. The van der Waals surface area contributed by atoms with Gasteiger partial charge in [-0.25, -0.2) is 4.39 Å². The standard InChI is InChI=1S/C14H11ClFNOS/c1-8-12(16)3-2-4-13(8)17-14(18)10-7-9(19)5-6-11(10)15/h2-7,19H,1H3,(H,17,18). The molecule has 0 fully saturated rings. The number of amides is 1. The van der Waals surface area contributed by atoms with Crippen LogP contribution < -0.4 is 5.32 Å². The van der Waals surface area contributed by atoms with Gasteiger partial charge in [-0.2, -0.15) is 0 Å². The van der Waals surface area contributed by atoms with Gasteiger partial charge >= 0.3 is 0 Å². The average molecular weight is 296 g/mol. The highest BCUT2D eigenvalue weighted by Gasteiger charge is 2.13. The lowest BCUT2D eigenvalue weighted by Crippen LogP contribution is -2.13. The topological polar surface area (TPSA) is 29.1 Å². The van der Waals surface area contributed by atoms with Gasteiger partial charge in [0.2, 0.25) is 0 Å². The van der Waals surface area contributed by atoms with E-state index in [-0.39, 0.29) is 5.82 Å². The number of halogens is 2. The summed E-state index contributed by atoms with van der Waals surface area (Å²) in [4.78, 5) is 12.7. The molecule has 0 radical (unpaired) electrons. The second-order valence-corrected chi connectivity index (χ2v) is 4.95. The van der Waals surface area contributed by atoms with Crippen LogP contribution in [0.25, 0.3) is 0 Å². The molecule has 2 rings (SSSR count). The normalized spacial score (nSPS) is 10.3. The van der Waals surface area contributed by atoms with Crippen LogP contribution in [-0.4, -0.2) is 5.91 Å². The van der Waals surface area contributed by atoms with E-state index < -0.39 is 5.91 Å². The Morgan fingerprint density at radius 1 is 1.32 bits per heavy atom. The highest BCUT2D eigenvalue weighted by molar-refractivity contribution is 7.80. The number of hydrogen-bond acceptors (Lipinski definition) is 2. The molecule has 0 aliphatic rings. The first kappa shape index (κ1) is 13.9. The molecule has 0 spiro atoms. The molecule has 0 bridgehead atoms. The SMILES string of the molecule is Cc1c(F)cccc1NC(=O)c1cc(S)ccc1Cl. The van der Waals surface area contributed by atoms with Crippen molar-refractivity contribution in [2.45, 2.75) is 11.8 Å². The maximum absolute atomic E-state index is 13.4. The summed E-state index contributed by atoms with van der Waals surface area (Å²) in [5, 5.41) is 2.96. The van der Waals surface area contributed by atoms with E-state index in [1.54, 1.807) is 31.2 Å². The van der Waals surface area contributed by atoms with Gasteiger partial charge in [0.15, 0.2) is 0 Å². The lowest BCUT2D eigenvalue weighted by molar-refractivity contribution is 0.102. The van der Waals surface area contributed by atoms with Crippen LogP contribution in [0.2, 0.25) is 5.02 Å². The molecule has 0 unspecified atom stereocenters. The van der Waals surface area contributed by atoms with Crippen molar-refractivity contribution in [2.24, 2.45) is 0 Å². The summed E-state index contributed by atoms with van der Waals surface area (Å²) < 4.78 is 13.4. The third-order valence-corrected chi connectivity index (χ3v) is 3.32. The number of anilines is 1. The third kappa shape index (κ3) is 3.08. The predicted octanol–water partition coefficient (Wildman–Crippen LogP) is 4.33. The Kier molecular flexibility index (Phi) is 4.12. The van der Waals surface area contributed by atoms with Crippen LogP contribution in [0.5, 0.6) is 0 Å². The molecule has 1 amide bonds. The second kappa shape index (κ2) is 5.63. The summed E-state index contributed by atoms with van der Waals surface area (Å²) >= 11 is 10.1. The van der Waals surface area contributed by atoms with Crippen molar-refractivity contribution in [1.82, 2.24) is 0 Å². The van der Waals surface area contributed by atoms with E-state index in [4.69, 9.17) is 11.6 Å². The van der Waals surface area contributed by atoms with Gasteiger partial charge in [0.05, 0.1) is 10.6 Å². The van der Waals surface area contributed by atoms with Gasteiger partial charge in [0.1, 0.15) is 5.82 Å². The fourth-order valence-corrected chi connectivity index (χ4v) is 2.03. The minimum absolute atomic E-state index is 0.304. The van der Waals surface area contributed by atoms with Gasteiger partial charge in [-0.1, -0.05) is 17.7 Å². The Labute approximate surface area is 121 Å². The Hall–Kier alpha value is -1.52. The summed E-state index contributed by atoms with van der Waals surface area (Å²) in [6.07, 6.45) is 0. The molecule has 0 saturated heterocycles. The van der Waals surface area contributed by atoms with Crippen LogP contribution in [0.4, 0.5) is 10.1 Å². The van der Waals surface area contributed by atoms with E-state index in [0.29, 0.717) is 26.7 Å². The number of rotatable bonds is 2. The molecular formula is C14H11ClFNOS. The first-order valence-corrected chi connectivity index (χ1v) is 6.36. The number of benzene rings is 2. The second-order valence-electron chi connectivity index (χ2n) is 4.03. The van der Waals surface area contributed by atoms with Gasteiger partial charge in [0, 0.05) is 16.1 Å². The largest absolute Gasteiger partial charge is 0.322 e. The number of carbonyl (C=O) groups excluding carboxylic acids is 1. The molecule has 0 heterocycles. The molecule has 0 aliphatic carbocycles. The first-order chi connectivity index (χ1) is 8.99. The van der Waals surface area contributed by atoms with E-state index >= 15 is 0 Å². The molecule has 0 saturated carbocycles. The fourth-order valence-electron chi connectivity index (χ4n) is 1.62. The molecule has 0 aliphatic heterocycles. The Morgan fingerprint density at radius 2 is 2.05 bits per heavy atom. The summed E-state index contributed by atoms with van der Waals surface area (Å²) in [6, 6.07) is 9.36. The predicted molar refractivity (Wildman–Crippen MR) is 77.8 cm³/mol. The van der Waals surface area contributed by atoms with Crippen LogP contribution >= 0.6 is 24.2 Å². The van der Waals surface area contributed by atoms with E-state index in [2.05, 4.69) is 17.9 Å². The Morgan fingerprint density at radius 3 is 2.79 bits per heavy atom. The zero-order valence-electron chi connectivity index (χ0n) is 10.1. The first-order valence-electron chi connectivity index (χ1n) is 5.54. The number of nitrogens with one attached hydrogen (secondary N) is 1. The van der Waals surface area contributed by atoms with E-state index in [0.717, 1.165) is 0 Å². The van der Waals surface area contributed by atoms with Crippen molar-refractivity contribution in [3.63, 3.8) is 0 Å². The van der Waals surface area contributed by atoms with Crippen molar-refractivity contribution < 1.29 is 9.18 Å². The maximum Gasteiger partial charge on any atom is 0.257 e. The molecule has 19 heavy (non-hydrogen) atoms. The quantitative estimate of drug-likeness (QED) is 0.793. The Balaban J connectivity index is 2.31. The minimum Gasteiger partial charge on any atom is -0.322 e. The molecule has 0 aromatic heterocycles. The smallest absolute Gasteiger partial charge is 0.257 e. The lowest BCUT2D eigenvalue weighted by Gasteiger charge is -2.10. The summed E-state index contributed by atoms with van der Waals surface area (Å²) in [6.45, 7) is 1.60. The highest BCUT2D eigenvalue weighted by atomic mass is 35.5. The van der Waals surface area contributed by atoms with Crippen molar-refractivity contribution in [1.29, 1.82) is 0 Å². The number of hydrogen-bond donors (Lipinski definition) is 2. The average Bonchev–Trinajstić information content (AvgIpc) is 2.38. The van der Waals surface area contributed by atoms with Crippen LogP contribution in [0.3, 0.4) is 0 Å². The molecule has 2 aromatic carbocycles. The summed E-state index contributed by atoms with van der Waals surface area (Å²) in [7, 11) is 0. The van der Waals surface area contributed by atoms with Crippen molar-refractivity contribution in [3.05, 3.63) is 58.4 Å². The molecule has 2 nitrogen and oxygen atoms in total. The summed E-state index contributed by atoms with van der Waals surface area (Å²) in [5.41, 5.74) is 1.11. The molecule has 98 valence electrons. The lowest BCUT2D eigenvalue weighted by atomic mass is 10.1. The van der Waals surface area contributed by atoms with Gasteiger partial charge < -0.3 is 5.32 Å². The van der Waals surface area contributed by atoms with Crippen LogP contribution in [0.1, 0.15) is 15.9 Å². The fraction of sp³-hybridized carbons (Fsp3) is 0.0714. The Bertz CT molecular complexity index is 645. The zero-order valence-corrected chi connectivity index (χ0v) is 11.7. The monoisotopic (exact) mass is 295 g/mol. The van der Waals surface area contributed by atoms with Crippen LogP contribution in [-0.2, 0) is 0 Å². The summed E-state index contributed by atoms with van der Waals surface area (Å²) in [5.74, 6) is -0.763. The van der Waals surface area contributed by atoms with Crippen molar-refractivity contribution >= 4 is 35.8 Å². The van der Waals surface area contributed by atoms with Crippen LogP contribution in [0, 0.1) is 12.7 Å². The van der Waals surface area contributed by atoms with Gasteiger partial charge in [0.25, 0.3) is 5.91 Å². The molecule has 2 aromatic rings. The third-order valence-electron chi connectivity index (χ3n) is 2.71. The van der Waals surface area contributed by atoms with E-state index in [1.165, 1.54) is 12.1 Å². The molecule has 5 heteroatoms. The maximum atomic E-state index is 13.4. The highest BCUT2D eigenvalue weighted by Crippen LogP contribution is 2.23. The van der Waals surface area contributed by atoms with E-state index in [1.807, 2.05) is 0 Å². The van der Waals surface area contributed by atoms with Gasteiger partial charge in [-0.15, -0.1) is 12.6 Å². The van der Waals surface area contributed by atoms with E-state index in [9.17, 15) is 9.18 Å². The zero-order chi connectivity index (χ0) is 14.0.